The molecule has 1 heterocycles. The van der Waals surface area contributed by atoms with Gasteiger partial charge in [0.2, 0.25) is 11.8 Å². The number of amides is 2. The van der Waals surface area contributed by atoms with E-state index >= 15 is 0 Å². The summed E-state index contributed by atoms with van der Waals surface area (Å²) in [4.78, 5) is 61.8. The Morgan fingerprint density at radius 3 is 2.19 bits per heavy atom. The summed E-state index contributed by atoms with van der Waals surface area (Å²) in [5.41, 5.74) is 6.52. The van der Waals surface area contributed by atoms with Gasteiger partial charge in [-0.25, -0.2) is 9.69 Å². The molecule has 2 rings (SSSR count). The van der Waals surface area contributed by atoms with Crippen LogP contribution >= 0.6 is 0 Å². The Hall–Kier alpha value is -4.33. The number of carboxylic acids is 2. The molecule has 13 nitrogen and oxygen atoms in total. The third-order valence-corrected chi connectivity index (χ3v) is 5.93. The molecule has 0 aliphatic carbocycles. The average molecular weight is 504 g/mol. The Balaban J connectivity index is 0.00000612. The summed E-state index contributed by atoms with van der Waals surface area (Å²) < 4.78 is 4.92. The van der Waals surface area contributed by atoms with Crippen molar-refractivity contribution >= 4 is 35.9 Å². The Kier molecular flexibility index (Phi) is 10.0. The Morgan fingerprint density at radius 2 is 1.75 bits per heavy atom. The second-order valence-electron chi connectivity index (χ2n) is 7.99. The number of imide groups is 1. The smallest absolute Gasteiger partial charge is 0.335 e. The highest BCUT2D eigenvalue weighted by atomic mass is 16.5. The monoisotopic (exact) mass is 503 g/mol. The quantitative estimate of drug-likeness (QED) is 0.266. The number of carbonyl (C=O) groups excluding carboxylic acids is 3. The van der Waals surface area contributed by atoms with Gasteiger partial charge in [-0.1, -0.05) is 27.8 Å². The number of nitrogens with zero attached hydrogens (tertiary/aromatic N) is 3. The second-order valence-corrected chi connectivity index (χ2v) is 7.99. The van der Waals surface area contributed by atoms with Crippen LogP contribution in [0.25, 0.3) is 0 Å². The van der Waals surface area contributed by atoms with E-state index in [0.29, 0.717) is 4.90 Å². The van der Waals surface area contributed by atoms with Crippen LogP contribution in [0.4, 0.5) is 5.69 Å². The number of anilines is 1. The van der Waals surface area contributed by atoms with Crippen LogP contribution in [-0.4, -0.2) is 57.6 Å². The fourth-order valence-corrected chi connectivity index (χ4v) is 3.92. The molecule has 0 radical (unpaired) electrons. The van der Waals surface area contributed by atoms with E-state index < -0.39 is 58.7 Å². The molecule has 6 unspecified atom stereocenters. The molecule has 2 amide bonds. The standard InChI is InChI=1S/C21H21N5O8.2CH4/c1-10-13(17(29)26(16(10)28)12-5-3-4-11(6-12)18(30)31)15(34-9-27)14(19(32)33)21(25,8-23)20(2,24)7-22;;/h3-6,9-10,13-15H,24-25H2,1-2H3,(H,30,31)(H,32,33);2*1H4. The van der Waals surface area contributed by atoms with Crippen LogP contribution in [0.1, 0.15) is 39.1 Å². The molecule has 1 aliphatic heterocycles. The van der Waals surface area contributed by atoms with E-state index in [2.05, 4.69) is 0 Å². The summed E-state index contributed by atoms with van der Waals surface area (Å²) in [7, 11) is 0. The predicted octanol–water partition coefficient (Wildman–Crippen LogP) is 0.487. The number of benzene rings is 1. The molecule has 0 bridgehead atoms. The summed E-state index contributed by atoms with van der Waals surface area (Å²) >= 11 is 0. The predicted molar refractivity (Wildman–Crippen MR) is 125 cm³/mol. The minimum atomic E-state index is -2.67. The van der Waals surface area contributed by atoms with Gasteiger partial charge in [-0.05, 0) is 25.1 Å². The van der Waals surface area contributed by atoms with Gasteiger partial charge in [-0.15, -0.1) is 0 Å². The number of hydrogen-bond donors (Lipinski definition) is 4. The molecule has 13 heteroatoms. The highest BCUT2D eigenvalue weighted by Gasteiger charge is 2.62. The molecule has 1 saturated heterocycles. The van der Waals surface area contributed by atoms with Crippen LogP contribution in [0.3, 0.4) is 0 Å². The number of carboxylic acid groups (broad SMARTS) is 2. The van der Waals surface area contributed by atoms with Crippen molar-refractivity contribution in [3.05, 3.63) is 29.8 Å². The summed E-state index contributed by atoms with van der Waals surface area (Å²) in [5, 5.41) is 38.2. The summed E-state index contributed by atoms with van der Waals surface area (Å²) in [5.74, 6) is -10.1. The fourth-order valence-electron chi connectivity index (χ4n) is 3.92. The highest BCUT2D eigenvalue weighted by molar-refractivity contribution is 6.22. The molecule has 0 aromatic heterocycles. The number of nitrogens with two attached hydrogens (primary N) is 2. The number of rotatable bonds is 9. The lowest BCUT2D eigenvalue weighted by Crippen LogP contribution is -2.71. The van der Waals surface area contributed by atoms with Gasteiger partial charge in [-0.2, -0.15) is 10.5 Å². The average Bonchev–Trinajstić information content (AvgIpc) is 3.00. The van der Waals surface area contributed by atoms with Crippen LogP contribution in [0.15, 0.2) is 24.3 Å². The lowest BCUT2D eigenvalue weighted by Gasteiger charge is -2.41. The number of nitriles is 2. The van der Waals surface area contributed by atoms with E-state index in [1.165, 1.54) is 31.2 Å². The molecule has 194 valence electrons. The molecule has 0 spiro atoms. The number of carbonyl (C=O) groups is 5. The summed E-state index contributed by atoms with van der Waals surface area (Å²) in [6.07, 6.45) is -1.98. The normalized spacial score (nSPS) is 21.7. The molecular formula is C23H29N5O8. The van der Waals surface area contributed by atoms with Gasteiger partial charge in [0, 0.05) is 0 Å². The van der Waals surface area contributed by atoms with E-state index in [1.807, 2.05) is 0 Å². The lowest BCUT2D eigenvalue weighted by atomic mass is 9.66. The summed E-state index contributed by atoms with van der Waals surface area (Å²) in [6.45, 7) is 2.10. The number of ether oxygens (including phenoxy) is 1. The van der Waals surface area contributed by atoms with Gasteiger partial charge in [0.15, 0.2) is 5.54 Å². The maximum absolute atomic E-state index is 13.3. The molecule has 1 aromatic carbocycles. The van der Waals surface area contributed by atoms with Crippen LogP contribution in [0, 0.1) is 40.4 Å². The van der Waals surface area contributed by atoms with Crippen LogP contribution in [-0.2, 0) is 23.9 Å². The van der Waals surface area contributed by atoms with Crippen LogP contribution < -0.4 is 16.4 Å². The van der Waals surface area contributed by atoms with Gasteiger partial charge >= 0.3 is 11.9 Å². The van der Waals surface area contributed by atoms with Gasteiger partial charge in [-0.3, -0.25) is 19.2 Å². The van der Waals surface area contributed by atoms with Crippen molar-refractivity contribution in [2.75, 3.05) is 4.90 Å². The van der Waals surface area contributed by atoms with Crippen molar-refractivity contribution in [3.63, 3.8) is 0 Å². The largest absolute Gasteiger partial charge is 0.481 e. The third kappa shape index (κ3) is 5.02. The fraction of sp³-hybridized carbons (Fsp3) is 0.435. The molecular weight excluding hydrogens is 474 g/mol. The Bertz CT molecular complexity index is 1140. The molecule has 0 saturated carbocycles. The van der Waals surface area contributed by atoms with Crippen molar-refractivity contribution in [1.29, 1.82) is 10.5 Å². The minimum Gasteiger partial charge on any atom is -0.481 e. The van der Waals surface area contributed by atoms with Crippen molar-refractivity contribution in [2.45, 2.75) is 45.9 Å². The molecule has 6 atom stereocenters. The summed E-state index contributed by atoms with van der Waals surface area (Å²) in [6, 6.07) is 7.92. The van der Waals surface area contributed by atoms with Crippen LogP contribution in [0.5, 0.6) is 0 Å². The minimum absolute atomic E-state index is 0. The molecule has 1 fully saturated rings. The first-order chi connectivity index (χ1) is 15.8. The van der Waals surface area contributed by atoms with Gasteiger partial charge in [0.25, 0.3) is 6.47 Å². The zero-order valence-electron chi connectivity index (χ0n) is 18.0. The van der Waals surface area contributed by atoms with E-state index in [1.54, 1.807) is 6.07 Å². The lowest BCUT2D eigenvalue weighted by molar-refractivity contribution is -0.161. The molecule has 1 aromatic rings. The zero-order valence-corrected chi connectivity index (χ0v) is 18.0. The number of aliphatic carboxylic acids is 1. The number of hydrogen-bond acceptors (Lipinski definition) is 10. The van der Waals surface area contributed by atoms with Crippen molar-refractivity contribution in [2.24, 2.45) is 29.2 Å². The SMILES string of the molecule is C.C.CC1C(=O)N(c2cccc(C(=O)O)c2)C(=O)C1C(OC=O)C(C(=O)O)C(N)(C#N)C(C)(N)C#N. The number of aromatic carboxylic acids is 1. The first kappa shape index (κ1) is 31.7. The Morgan fingerprint density at radius 1 is 1.17 bits per heavy atom. The van der Waals surface area contributed by atoms with Gasteiger partial charge in [0.05, 0.1) is 35.2 Å². The van der Waals surface area contributed by atoms with Crippen molar-refractivity contribution < 1.29 is 38.9 Å². The maximum Gasteiger partial charge on any atom is 0.335 e. The molecule has 1 aliphatic rings. The van der Waals surface area contributed by atoms with E-state index in [-0.39, 0.29) is 32.6 Å². The van der Waals surface area contributed by atoms with Crippen molar-refractivity contribution in [1.82, 2.24) is 0 Å². The van der Waals surface area contributed by atoms with Crippen molar-refractivity contribution in [3.8, 4) is 12.1 Å². The first-order valence-corrected chi connectivity index (χ1v) is 9.72. The van der Waals surface area contributed by atoms with Crippen LogP contribution in [0.2, 0.25) is 0 Å². The molecule has 36 heavy (non-hydrogen) atoms. The van der Waals surface area contributed by atoms with E-state index in [4.69, 9.17) is 16.2 Å². The van der Waals surface area contributed by atoms with E-state index in [0.717, 1.165) is 13.0 Å². The Labute approximate surface area is 207 Å². The first-order valence-electron chi connectivity index (χ1n) is 9.72. The second kappa shape index (κ2) is 11.4. The maximum atomic E-state index is 13.3. The highest BCUT2D eigenvalue weighted by Crippen LogP contribution is 2.40. The van der Waals surface area contributed by atoms with Gasteiger partial charge in [0.1, 0.15) is 17.6 Å². The zero-order chi connectivity index (χ0) is 26.0. The van der Waals surface area contributed by atoms with Gasteiger partial charge < -0.3 is 26.4 Å². The van der Waals surface area contributed by atoms with E-state index in [9.17, 15) is 44.7 Å². The third-order valence-electron chi connectivity index (χ3n) is 5.93. The topological polar surface area (TPSA) is 238 Å². The molecule has 6 N–H and O–H groups in total.